The number of nitrogens with zero attached hydrogens (tertiary/aromatic N) is 1. The van der Waals surface area contributed by atoms with Crippen LogP contribution in [0.3, 0.4) is 0 Å². The lowest BCUT2D eigenvalue weighted by molar-refractivity contribution is 0.634. The van der Waals surface area contributed by atoms with Gasteiger partial charge in [0.2, 0.25) is 6.85 Å². The van der Waals surface area contributed by atoms with E-state index in [1.54, 1.807) is 0 Å². The Balaban J connectivity index is 3.35. The van der Waals surface area contributed by atoms with Crippen LogP contribution in [0.4, 0.5) is 0 Å². The van der Waals surface area contributed by atoms with Gasteiger partial charge in [0.05, 0.1) is 0 Å². The zero-order chi connectivity index (χ0) is 6.57. The quantitative estimate of drug-likeness (QED) is 0.502. The molecule has 0 bridgehead atoms. The van der Waals surface area contributed by atoms with Gasteiger partial charge < -0.3 is 4.81 Å². The lowest BCUT2D eigenvalue weighted by Gasteiger charge is -2.16. The molecule has 0 aromatic carbocycles. The molecule has 0 rings (SSSR count). The Hall–Kier alpha value is 0.0249. The monoisotopic (exact) mass is 113 g/mol. The molecule has 0 unspecified atom stereocenters. The van der Waals surface area contributed by atoms with Gasteiger partial charge in [0.25, 0.3) is 0 Å². The van der Waals surface area contributed by atoms with E-state index >= 15 is 0 Å². The molecule has 0 saturated heterocycles. The van der Waals surface area contributed by atoms with Crippen molar-refractivity contribution >= 4 is 6.85 Å². The highest BCUT2D eigenvalue weighted by atomic mass is 15.0. The van der Waals surface area contributed by atoms with E-state index in [0.29, 0.717) is 0 Å². The highest BCUT2D eigenvalue weighted by Gasteiger charge is 2.09. The summed E-state index contributed by atoms with van der Waals surface area (Å²) in [6.45, 7) is 5.25. The van der Waals surface area contributed by atoms with Crippen LogP contribution in [-0.4, -0.2) is 25.8 Å². The van der Waals surface area contributed by atoms with Crippen LogP contribution in [-0.2, 0) is 0 Å². The first kappa shape index (κ1) is 8.02. The first-order valence-electron chi connectivity index (χ1n) is 3.38. The normalized spacial score (nSPS) is 10.1. The zero-order valence-corrected chi connectivity index (χ0v) is 6.44. The fourth-order valence-electron chi connectivity index (χ4n) is 1.02. The van der Waals surface area contributed by atoms with Crippen LogP contribution in [0.1, 0.15) is 13.8 Å². The van der Waals surface area contributed by atoms with Crippen LogP contribution in [0, 0.1) is 0 Å². The second-order valence-corrected chi connectivity index (χ2v) is 2.43. The summed E-state index contributed by atoms with van der Waals surface area (Å²) in [6.07, 6.45) is 2.53. The Morgan fingerprint density at radius 2 is 1.50 bits per heavy atom. The molecule has 0 radical (unpaired) electrons. The van der Waals surface area contributed by atoms with Crippen LogP contribution in [0.25, 0.3) is 0 Å². The molecule has 0 heterocycles. The van der Waals surface area contributed by atoms with E-state index in [0.717, 1.165) is 6.85 Å². The fourth-order valence-corrected chi connectivity index (χ4v) is 1.02. The van der Waals surface area contributed by atoms with E-state index in [-0.39, 0.29) is 0 Å². The third-order valence-corrected chi connectivity index (χ3v) is 1.67. The van der Waals surface area contributed by atoms with E-state index in [2.05, 4.69) is 32.8 Å². The van der Waals surface area contributed by atoms with Gasteiger partial charge in [-0.2, -0.15) is 0 Å². The van der Waals surface area contributed by atoms with Crippen LogP contribution in [0.15, 0.2) is 0 Å². The number of hydrogen-bond acceptors (Lipinski definition) is 1. The van der Waals surface area contributed by atoms with Gasteiger partial charge in [0, 0.05) is 0 Å². The van der Waals surface area contributed by atoms with Gasteiger partial charge in [0.1, 0.15) is 0 Å². The van der Waals surface area contributed by atoms with Crippen molar-refractivity contribution in [3.05, 3.63) is 0 Å². The van der Waals surface area contributed by atoms with Crippen molar-refractivity contribution < 1.29 is 0 Å². The molecule has 0 spiro atoms. The van der Waals surface area contributed by atoms with E-state index in [9.17, 15) is 0 Å². The lowest BCUT2D eigenvalue weighted by Crippen LogP contribution is -2.30. The summed E-state index contributed by atoms with van der Waals surface area (Å²) in [5.41, 5.74) is 0. The summed E-state index contributed by atoms with van der Waals surface area (Å²) in [5, 5.41) is 0. The van der Waals surface area contributed by atoms with Gasteiger partial charge in [-0.05, 0) is 14.1 Å². The molecule has 0 aromatic rings. The topological polar surface area (TPSA) is 3.24 Å². The van der Waals surface area contributed by atoms with E-state index in [1.807, 2.05) is 0 Å². The summed E-state index contributed by atoms with van der Waals surface area (Å²) in [5.74, 6) is 0. The molecule has 1 nitrogen and oxygen atoms in total. The highest BCUT2D eigenvalue weighted by Crippen LogP contribution is 1.98. The Labute approximate surface area is 53.2 Å². The van der Waals surface area contributed by atoms with Gasteiger partial charge in [-0.15, -0.1) is 0 Å². The molecular weight excluding hydrogens is 96.9 g/mol. The predicted octanol–water partition coefficient (Wildman–Crippen LogP) is 1.58. The Kier molecular flexibility index (Phi) is 3.97. The first-order chi connectivity index (χ1) is 3.72. The molecule has 8 heavy (non-hydrogen) atoms. The second-order valence-electron chi connectivity index (χ2n) is 2.43. The molecule has 0 aromatic heterocycles. The Morgan fingerprint density at radius 1 is 1.12 bits per heavy atom. The highest BCUT2D eigenvalue weighted by molar-refractivity contribution is 6.55. The SMILES string of the molecule is CCB(CC)N(C)C. The third kappa shape index (κ3) is 2.36. The van der Waals surface area contributed by atoms with E-state index in [4.69, 9.17) is 0 Å². The lowest BCUT2D eigenvalue weighted by atomic mass is 9.56. The standard InChI is InChI=1S/C6H16BN/c1-5-7(6-2)8(3)4/h5-6H2,1-4H3. The maximum absolute atomic E-state index is 2.28. The molecule has 0 aliphatic rings. The third-order valence-electron chi connectivity index (χ3n) is 1.67. The maximum atomic E-state index is 2.28. The van der Waals surface area contributed by atoms with Crippen LogP contribution >= 0.6 is 0 Å². The molecule has 48 valence electrons. The zero-order valence-electron chi connectivity index (χ0n) is 6.44. The Morgan fingerprint density at radius 3 is 1.50 bits per heavy atom. The van der Waals surface area contributed by atoms with Crippen LogP contribution in [0.5, 0.6) is 0 Å². The van der Waals surface area contributed by atoms with Gasteiger partial charge in [-0.1, -0.05) is 26.5 Å². The van der Waals surface area contributed by atoms with Crippen molar-refractivity contribution in [1.82, 2.24) is 4.81 Å². The number of hydrogen-bond donors (Lipinski definition) is 0. The average molecular weight is 113 g/mol. The minimum absolute atomic E-state index is 0.787. The second kappa shape index (κ2) is 3.96. The molecule has 0 aliphatic heterocycles. The van der Waals surface area contributed by atoms with Crippen molar-refractivity contribution in [2.45, 2.75) is 26.5 Å². The maximum Gasteiger partial charge on any atom is 0.222 e. The van der Waals surface area contributed by atoms with Crippen molar-refractivity contribution in [2.75, 3.05) is 14.1 Å². The molecule has 0 atom stereocenters. The number of rotatable bonds is 3. The fraction of sp³-hybridized carbons (Fsp3) is 1.00. The van der Waals surface area contributed by atoms with Crippen molar-refractivity contribution in [2.24, 2.45) is 0 Å². The molecule has 2 heteroatoms. The predicted molar refractivity (Wildman–Crippen MR) is 40.4 cm³/mol. The average Bonchev–Trinajstić information content (AvgIpc) is 1.69. The Bertz CT molecular complexity index is 50.5. The summed E-state index contributed by atoms with van der Waals surface area (Å²) in [4.78, 5) is 2.28. The van der Waals surface area contributed by atoms with Crippen molar-refractivity contribution in [3.63, 3.8) is 0 Å². The van der Waals surface area contributed by atoms with E-state index < -0.39 is 0 Å². The van der Waals surface area contributed by atoms with Gasteiger partial charge in [0.15, 0.2) is 0 Å². The molecule has 0 saturated carbocycles. The smallest absolute Gasteiger partial charge is 0.222 e. The summed E-state index contributed by atoms with van der Waals surface area (Å²) < 4.78 is 0. The van der Waals surface area contributed by atoms with E-state index in [1.165, 1.54) is 12.6 Å². The molecule has 0 fully saturated rings. The largest absolute Gasteiger partial charge is 0.347 e. The minimum atomic E-state index is 0.787. The van der Waals surface area contributed by atoms with Gasteiger partial charge in [-0.3, -0.25) is 0 Å². The molecule has 0 N–H and O–H groups in total. The summed E-state index contributed by atoms with van der Waals surface area (Å²) >= 11 is 0. The first-order valence-corrected chi connectivity index (χ1v) is 3.38. The molecule has 0 amide bonds. The summed E-state index contributed by atoms with van der Waals surface area (Å²) in [6, 6.07) is 0. The van der Waals surface area contributed by atoms with Gasteiger partial charge in [-0.25, -0.2) is 0 Å². The van der Waals surface area contributed by atoms with Crippen molar-refractivity contribution in [1.29, 1.82) is 0 Å². The van der Waals surface area contributed by atoms with Crippen LogP contribution < -0.4 is 0 Å². The molecular formula is C6H16BN. The summed E-state index contributed by atoms with van der Waals surface area (Å²) in [7, 11) is 4.27. The molecule has 0 aliphatic carbocycles. The van der Waals surface area contributed by atoms with Crippen LogP contribution in [0.2, 0.25) is 12.6 Å². The van der Waals surface area contributed by atoms with Gasteiger partial charge >= 0.3 is 0 Å². The minimum Gasteiger partial charge on any atom is -0.347 e. The van der Waals surface area contributed by atoms with Crippen molar-refractivity contribution in [3.8, 4) is 0 Å².